The van der Waals surface area contributed by atoms with E-state index in [0.717, 1.165) is 10.0 Å². The van der Waals surface area contributed by atoms with Gasteiger partial charge in [-0.05, 0) is 29.8 Å². The molecule has 82 valence electrons. The maximum Gasteiger partial charge on any atom is 0.172 e. The number of ether oxygens (including phenoxy) is 1. The summed E-state index contributed by atoms with van der Waals surface area (Å²) in [6, 6.07) is 6.82. The Morgan fingerprint density at radius 3 is 2.56 bits per heavy atom. The van der Waals surface area contributed by atoms with Crippen LogP contribution >= 0.6 is 15.9 Å². The molecule has 0 amide bonds. The fraction of sp³-hybridized carbons (Fsp3) is 0.0833. The molecule has 0 spiro atoms. The van der Waals surface area contributed by atoms with Crippen molar-refractivity contribution in [3.05, 3.63) is 46.9 Å². The number of nitrogens with zero attached hydrogens (tertiary/aromatic N) is 1. The molecule has 2 aromatic rings. The largest absolute Gasteiger partial charge is 0.494 e. The van der Waals surface area contributed by atoms with Gasteiger partial charge in [0.2, 0.25) is 0 Å². The van der Waals surface area contributed by atoms with Crippen molar-refractivity contribution >= 4 is 15.9 Å². The molecule has 0 N–H and O–H groups in total. The molecule has 0 aliphatic heterocycles. The van der Waals surface area contributed by atoms with Crippen molar-refractivity contribution in [1.29, 1.82) is 0 Å². The van der Waals surface area contributed by atoms with E-state index in [1.807, 2.05) is 0 Å². The fourth-order valence-electron chi connectivity index (χ4n) is 1.45. The number of pyridine rings is 1. The van der Waals surface area contributed by atoms with Crippen LogP contribution in [0.2, 0.25) is 0 Å². The summed E-state index contributed by atoms with van der Waals surface area (Å²) in [5.41, 5.74) is 1.26. The molecule has 2 rings (SSSR count). The van der Waals surface area contributed by atoms with Gasteiger partial charge in [-0.2, -0.15) is 0 Å². The molecule has 1 aromatic carbocycles. The van der Waals surface area contributed by atoms with E-state index in [1.54, 1.807) is 36.7 Å². The number of aromatic nitrogens is 1. The maximum atomic E-state index is 14.0. The van der Waals surface area contributed by atoms with Gasteiger partial charge >= 0.3 is 0 Å². The minimum Gasteiger partial charge on any atom is -0.494 e. The zero-order valence-electron chi connectivity index (χ0n) is 8.58. The highest BCUT2D eigenvalue weighted by molar-refractivity contribution is 9.10. The van der Waals surface area contributed by atoms with Crippen molar-refractivity contribution in [2.75, 3.05) is 7.11 Å². The summed E-state index contributed by atoms with van der Waals surface area (Å²) in [5, 5.41) is 0. The molecule has 1 aromatic heterocycles. The first-order valence-electron chi connectivity index (χ1n) is 4.66. The van der Waals surface area contributed by atoms with Crippen LogP contribution in [0.3, 0.4) is 0 Å². The number of rotatable bonds is 2. The molecule has 0 fully saturated rings. The van der Waals surface area contributed by atoms with Gasteiger partial charge in [-0.3, -0.25) is 4.98 Å². The zero-order chi connectivity index (χ0) is 11.5. The highest BCUT2D eigenvalue weighted by Crippen LogP contribution is 2.32. The molecular formula is C12H9BrFNO. The smallest absolute Gasteiger partial charge is 0.172 e. The summed E-state index contributed by atoms with van der Waals surface area (Å²) in [6.45, 7) is 0. The van der Waals surface area contributed by atoms with Gasteiger partial charge in [0.1, 0.15) is 0 Å². The Kier molecular flexibility index (Phi) is 3.19. The molecule has 0 aliphatic rings. The average Bonchev–Trinajstić information content (AvgIpc) is 2.33. The molecule has 0 saturated heterocycles. The van der Waals surface area contributed by atoms with Crippen molar-refractivity contribution in [2.45, 2.75) is 0 Å². The van der Waals surface area contributed by atoms with Crippen molar-refractivity contribution in [3.63, 3.8) is 0 Å². The predicted octanol–water partition coefficient (Wildman–Crippen LogP) is 3.66. The van der Waals surface area contributed by atoms with Crippen molar-refractivity contribution in [2.24, 2.45) is 0 Å². The second-order valence-corrected chi connectivity index (χ2v) is 4.12. The summed E-state index contributed by atoms with van der Waals surface area (Å²) in [6.07, 6.45) is 3.25. The molecule has 0 radical (unpaired) electrons. The highest BCUT2D eigenvalue weighted by atomic mass is 79.9. The van der Waals surface area contributed by atoms with E-state index in [1.165, 1.54) is 7.11 Å². The molecule has 0 aliphatic carbocycles. The molecule has 0 unspecified atom stereocenters. The van der Waals surface area contributed by atoms with Crippen LogP contribution in [0.4, 0.5) is 4.39 Å². The van der Waals surface area contributed by atoms with Crippen molar-refractivity contribution in [3.8, 4) is 16.9 Å². The van der Waals surface area contributed by atoms with Crippen LogP contribution in [-0.4, -0.2) is 12.1 Å². The molecule has 2 nitrogen and oxygen atoms in total. The van der Waals surface area contributed by atoms with Gasteiger partial charge in [-0.15, -0.1) is 0 Å². The quantitative estimate of drug-likeness (QED) is 0.838. The first-order valence-corrected chi connectivity index (χ1v) is 5.45. The third-order valence-electron chi connectivity index (χ3n) is 2.22. The fourth-order valence-corrected chi connectivity index (χ4v) is 1.89. The number of hydrogen-bond acceptors (Lipinski definition) is 2. The van der Waals surface area contributed by atoms with Crippen LogP contribution in [0, 0.1) is 5.82 Å². The normalized spacial score (nSPS) is 10.2. The summed E-state index contributed by atoms with van der Waals surface area (Å²) in [5.74, 6) is -0.141. The van der Waals surface area contributed by atoms with E-state index >= 15 is 0 Å². The molecule has 16 heavy (non-hydrogen) atoms. The number of hydrogen-bond donors (Lipinski definition) is 0. The second kappa shape index (κ2) is 4.61. The minimum atomic E-state index is -0.364. The topological polar surface area (TPSA) is 22.1 Å². The molecular weight excluding hydrogens is 273 g/mol. The molecule has 0 saturated carbocycles. The van der Waals surface area contributed by atoms with E-state index in [2.05, 4.69) is 20.9 Å². The van der Waals surface area contributed by atoms with Crippen LogP contribution in [0.25, 0.3) is 11.1 Å². The molecule has 1 heterocycles. The Bertz CT molecular complexity index is 502. The standard InChI is InChI=1S/C12H9BrFNO/c1-16-11-7-9(13)6-10(12(11)14)8-2-4-15-5-3-8/h2-7H,1H3. The van der Waals surface area contributed by atoms with Gasteiger partial charge in [-0.1, -0.05) is 15.9 Å². The first-order chi connectivity index (χ1) is 7.72. The lowest BCUT2D eigenvalue weighted by Crippen LogP contribution is -1.92. The SMILES string of the molecule is COc1cc(Br)cc(-c2ccncc2)c1F. The Balaban J connectivity index is 2.61. The Morgan fingerprint density at radius 2 is 1.94 bits per heavy atom. The van der Waals surface area contributed by atoms with Crippen LogP contribution in [0.15, 0.2) is 41.1 Å². The summed E-state index contributed by atoms with van der Waals surface area (Å²) >= 11 is 3.32. The van der Waals surface area contributed by atoms with Crippen molar-refractivity contribution < 1.29 is 9.13 Å². The van der Waals surface area contributed by atoms with Crippen LogP contribution in [0.5, 0.6) is 5.75 Å². The van der Waals surface area contributed by atoms with E-state index in [4.69, 9.17) is 4.74 Å². The van der Waals surface area contributed by atoms with E-state index in [9.17, 15) is 4.39 Å². The van der Waals surface area contributed by atoms with E-state index in [0.29, 0.717) is 5.56 Å². The maximum absolute atomic E-state index is 14.0. The number of methoxy groups -OCH3 is 1. The number of halogens is 2. The van der Waals surface area contributed by atoms with Gasteiger partial charge < -0.3 is 4.74 Å². The predicted molar refractivity (Wildman–Crippen MR) is 63.9 cm³/mol. The van der Waals surface area contributed by atoms with Gasteiger partial charge in [-0.25, -0.2) is 4.39 Å². The number of benzene rings is 1. The zero-order valence-corrected chi connectivity index (χ0v) is 10.2. The van der Waals surface area contributed by atoms with Crippen LogP contribution in [0.1, 0.15) is 0 Å². The van der Waals surface area contributed by atoms with Gasteiger partial charge in [0.05, 0.1) is 7.11 Å². The molecule has 4 heteroatoms. The summed E-state index contributed by atoms with van der Waals surface area (Å²) in [7, 11) is 1.45. The van der Waals surface area contributed by atoms with E-state index < -0.39 is 0 Å². The lowest BCUT2D eigenvalue weighted by atomic mass is 10.1. The average molecular weight is 282 g/mol. The highest BCUT2D eigenvalue weighted by Gasteiger charge is 2.11. The summed E-state index contributed by atoms with van der Waals surface area (Å²) < 4.78 is 19.7. The third-order valence-corrected chi connectivity index (χ3v) is 2.67. The molecule has 0 bridgehead atoms. The lowest BCUT2D eigenvalue weighted by molar-refractivity contribution is 0.387. The second-order valence-electron chi connectivity index (χ2n) is 3.21. The Labute approximate surface area is 101 Å². The van der Waals surface area contributed by atoms with Gasteiger partial charge in [0, 0.05) is 22.4 Å². The van der Waals surface area contributed by atoms with E-state index in [-0.39, 0.29) is 11.6 Å². The van der Waals surface area contributed by atoms with Crippen molar-refractivity contribution in [1.82, 2.24) is 4.98 Å². The first kappa shape index (κ1) is 11.1. The third kappa shape index (κ3) is 2.07. The van der Waals surface area contributed by atoms with Gasteiger partial charge in [0.25, 0.3) is 0 Å². The van der Waals surface area contributed by atoms with Crippen LogP contribution < -0.4 is 4.74 Å². The monoisotopic (exact) mass is 281 g/mol. The van der Waals surface area contributed by atoms with Crippen LogP contribution in [-0.2, 0) is 0 Å². The van der Waals surface area contributed by atoms with Gasteiger partial charge in [0.15, 0.2) is 11.6 Å². The lowest BCUT2D eigenvalue weighted by Gasteiger charge is -2.08. The minimum absolute atomic E-state index is 0.223. The summed E-state index contributed by atoms with van der Waals surface area (Å²) in [4.78, 5) is 3.90. The molecule has 0 atom stereocenters. The Morgan fingerprint density at radius 1 is 1.25 bits per heavy atom. The Hall–Kier alpha value is -1.42.